The summed E-state index contributed by atoms with van der Waals surface area (Å²) in [5.41, 5.74) is 1.10. The number of hydrogen-bond acceptors (Lipinski definition) is 4. The van der Waals surface area contributed by atoms with Crippen LogP contribution < -0.4 is 10.6 Å². The highest BCUT2D eigenvalue weighted by Crippen LogP contribution is 2.19. The van der Waals surface area contributed by atoms with Gasteiger partial charge in [0.1, 0.15) is 17.5 Å². The van der Waals surface area contributed by atoms with Crippen LogP contribution in [0.3, 0.4) is 0 Å². The van der Waals surface area contributed by atoms with E-state index in [0.717, 1.165) is 29.6 Å². The minimum absolute atomic E-state index is 0.806. The Morgan fingerprint density at radius 3 is 2.21 bits per heavy atom. The number of unbranched alkanes of at least 4 members (excludes halogenated alkanes) is 5. The molecule has 0 aliphatic carbocycles. The molecule has 2 N–H and O–H groups in total. The van der Waals surface area contributed by atoms with Gasteiger partial charge in [0, 0.05) is 19.2 Å². The van der Waals surface area contributed by atoms with Crippen LogP contribution >= 0.6 is 0 Å². The third-order valence-electron chi connectivity index (χ3n) is 3.32. The van der Waals surface area contributed by atoms with Gasteiger partial charge in [-0.1, -0.05) is 39.0 Å². The summed E-state index contributed by atoms with van der Waals surface area (Å²) >= 11 is 0. The Bertz CT molecular complexity index is 377. The molecule has 0 aliphatic rings. The van der Waals surface area contributed by atoms with Crippen LogP contribution in [0.25, 0.3) is 0 Å². The van der Waals surface area contributed by atoms with Gasteiger partial charge >= 0.3 is 0 Å². The van der Waals surface area contributed by atoms with Crippen LogP contribution in [0.5, 0.6) is 0 Å². The van der Waals surface area contributed by atoms with E-state index in [2.05, 4.69) is 34.4 Å². The predicted octanol–water partition coefficient (Wildman–Crippen LogP) is 3.91. The fraction of sp³-hybridized carbons (Fsp3) is 0.733. The number of aromatic nitrogens is 2. The van der Waals surface area contributed by atoms with Crippen molar-refractivity contribution in [3.05, 3.63) is 11.4 Å². The van der Waals surface area contributed by atoms with Crippen LogP contribution in [-0.4, -0.2) is 23.6 Å². The first kappa shape index (κ1) is 15.7. The van der Waals surface area contributed by atoms with E-state index in [-0.39, 0.29) is 0 Å². The van der Waals surface area contributed by atoms with Gasteiger partial charge in [-0.2, -0.15) is 0 Å². The second-order valence-electron chi connectivity index (χ2n) is 5.04. The second kappa shape index (κ2) is 8.73. The molecule has 0 aromatic carbocycles. The third-order valence-corrected chi connectivity index (χ3v) is 3.32. The average Bonchev–Trinajstić information content (AvgIpc) is 2.41. The summed E-state index contributed by atoms with van der Waals surface area (Å²) in [6.45, 7) is 7.22. The third kappa shape index (κ3) is 5.45. The lowest BCUT2D eigenvalue weighted by atomic mass is 10.1. The van der Waals surface area contributed by atoms with Crippen LogP contribution in [0, 0.1) is 13.8 Å². The van der Waals surface area contributed by atoms with Gasteiger partial charge in [0.25, 0.3) is 0 Å². The first-order chi connectivity index (χ1) is 9.19. The van der Waals surface area contributed by atoms with Crippen LogP contribution in [0.1, 0.15) is 56.8 Å². The number of anilines is 2. The van der Waals surface area contributed by atoms with Crippen molar-refractivity contribution in [1.82, 2.24) is 9.97 Å². The molecule has 0 unspecified atom stereocenters. The van der Waals surface area contributed by atoms with Crippen molar-refractivity contribution in [2.75, 3.05) is 24.2 Å². The van der Waals surface area contributed by atoms with Gasteiger partial charge in [-0.25, -0.2) is 9.97 Å². The molecular weight excluding hydrogens is 236 g/mol. The Kier molecular flexibility index (Phi) is 7.23. The Labute approximate surface area is 117 Å². The fourth-order valence-electron chi connectivity index (χ4n) is 2.16. The fourth-order valence-corrected chi connectivity index (χ4v) is 2.16. The normalized spacial score (nSPS) is 10.5. The number of nitrogens with one attached hydrogen (secondary N) is 2. The maximum atomic E-state index is 4.47. The van der Waals surface area contributed by atoms with Crippen molar-refractivity contribution < 1.29 is 0 Å². The maximum Gasteiger partial charge on any atom is 0.134 e. The summed E-state index contributed by atoms with van der Waals surface area (Å²) < 4.78 is 0. The van der Waals surface area contributed by atoms with E-state index in [4.69, 9.17) is 0 Å². The molecule has 4 nitrogen and oxygen atoms in total. The lowest BCUT2D eigenvalue weighted by molar-refractivity contribution is 0.616. The molecule has 1 rings (SSSR count). The zero-order valence-electron chi connectivity index (χ0n) is 12.8. The smallest absolute Gasteiger partial charge is 0.134 e. The molecule has 108 valence electrons. The van der Waals surface area contributed by atoms with E-state index in [0.29, 0.717) is 0 Å². The van der Waals surface area contributed by atoms with E-state index in [1.165, 1.54) is 38.5 Å². The Balaban J connectivity index is 2.35. The minimum Gasteiger partial charge on any atom is -0.373 e. The molecule has 4 heteroatoms. The summed E-state index contributed by atoms with van der Waals surface area (Å²) in [7, 11) is 1.90. The Morgan fingerprint density at radius 1 is 0.895 bits per heavy atom. The van der Waals surface area contributed by atoms with Gasteiger partial charge in [-0.05, 0) is 20.3 Å². The SMILES string of the molecule is CCCCCCCCNc1nc(C)nc(NC)c1C. The van der Waals surface area contributed by atoms with Gasteiger partial charge in [0.15, 0.2) is 0 Å². The standard InChI is InChI=1S/C15H28N4/c1-5-6-7-8-9-10-11-17-15-12(2)14(16-4)18-13(3)19-15/h5-11H2,1-4H3,(H2,16,17,18,19). The molecule has 1 aromatic heterocycles. The highest BCUT2D eigenvalue weighted by atomic mass is 15.1. The van der Waals surface area contributed by atoms with Gasteiger partial charge in [0.05, 0.1) is 0 Å². The molecule has 0 saturated carbocycles. The summed E-state index contributed by atoms with van der Waals surface area (Å²) in [4.78, 5) is 8.83. The summed E-state index contributed by atoms with van der Waals surface area (Å²) in [5.74, 6) is 2.68. The van der Waals surface area contributed by atoms with E-state index >= 15 is 0 Å². The highest BCUT2D eigenvalue weighted by molar-refractivity contribution is 5.56. The number of hydrogen-bond donors (Lipinski definition) is 2. The maximum absolute atomic E-state index is 4.47. The quantitative estimate of drug-likeness (QED) is 0.664. The monoisotopic (exact) mass is 264 g/mol. The topological polar surface area (TPSA) is 49.8 Å². The first-order valence-electron chi connectivity index (χ1n) is 7.46. The van der Waals surface area contributed by atoms with E-state index in [1.807, 2.05) is 14.0 Å². The largest absolute Gasteiger partial charge is 0.373 e. The van der Waals surface area contributed by atoms with E-state index in [9.17, 15) is 0 Å². The highest BCUT2D eigenvalue weighted by Gasteiger charge is 2.06. The molecule has 0 amide bonds. The molecule has 1 aromatic rings. The zero-order valence-corrected chi connectivity index (χ0v) is 12.8. The molecule has 0 aliphatic heterocycles. The van der Waals surface area contributed by atoms with Crippen molar-refractivity contribution in [2.24, 2.45) is 0 Å². The second-order valence-corrected chi connectivity index (χ2v) is 5.04. The molecule has 0 saturated heterocycles. The Morgan fingerprint density at radius 2 is 1.53 bits per heavy atom. The van der Waals surface area contributed by atoms with Crippen molar-refractivity contribution in [3.63, 3.8) is 0 Å². The van der Waals surface area contributed by atoms with E-state index < -0.39 is 0 Å². The molecule has 0 radical (unpaired) electrons. The van der Waals surface area contributed by atoms with E-state index in [1.54, 1.807) is 0 Å². The molecular formula is C15H28N4. The first-order valence-corrected chi connectivity index (χ1v) is 7.46. The predicted molar refractivity (Wildman–Crippen MR) is 82.9 cm³/mol. The van der Waals surface area contributed by atoms with Crippen LogP contribution in [0.4, 0.5) is 11.6 Å². The molecule has 1 heterocycles. The van der Waals surface area contributed by atoms with Gasteiger partial charge in [0.2, 0.25) is 0 Å². The lowest BCUT2D eigenvalue weighted by Gasteiger charge is -2.12. The number of nitrogens with zero attached hydrogens (tertiary/aromatic N) is 2. The molecule has 0 atom stereocenters. The van der Waals surface area contributed by atoms with Gasteiger partial charge in [-0.3, -0.25) is 0 Å². The average molecular weight is 264 g/mol. The zero-order chi connectivity index (χ0) is 14.1. The Hall–Kier alpha value is -1.32. The number of aryl methyl sites for hydroxylation is 1. The van der Waals surface area contributed by atoms with Crippen molar-refractivity contribution in [2.45, 2.75) is 59.3 Å². The van der Waals surface area contributed by atoms with Crippen LogP contribution in [0.15, 0.2) is 0 Å². The molecule has 0 spiro atoms. The summed E-state index contributed by atoms with van der Waals surface area (Å²) in [5, 5.41) is 6.54. The number of rotatable bonds is 9. The van der Waals surface area contributed by atoms with Crippen molar-refractivity contribution in [1.29, 1.82) is 0 Å². The summed E-state index contributed by atoms with van der Waals surface area (Å²) in [6.07, 6.45) is 7.90. The lowest BCUT2D eigenvalue weighted by Crippen LogP contribution is -2.09. The molecule has 0 bridgehead atoms. The van der Waals surface area contributed by atoms with Crippen molar-refractivity contribution >= 4 is 11.6 Å². The molecule has 19 heavy (non-hydrogen) atoms. The molecule has 0 fully saturated rings. The minimum atomic E-state index is 0.806. The van der Waals surface area contributed by atoms with Gasteiger partial charge in [-0.15, -0.1) is 0 Å². The van der Waals surface area contributed by atoms with Gasteiger partial charge < -0.3 is 10.6 Å². The van der Waals surface area contributed by atoms with Crippen LogP contribution in [0.2, 0.25) is 0 Å². The summed E-state index contributed by atoms with van der Waals surface area (Å²) in [6, 6.07) is 0. The van der Waals surface area contributed by atoms with Crippen LogP contribution in [-0.2, 0) is 0 Å². The van der Waals surface area contributed by atoms with Crippen molar-refractivity contribution in [3.8, 4) is 0 Å².